The van der Waals surface area contributed by atoms with Gasteiger partial charge in [0.2, 0.25) is 5.91 Å². The average Bonchev–Trinajstić information content (AvgIpc) is 3.30. The third-order valence-electron chi connectivity index (χ3n) is 6.57. The Morgan fingerprint density at radius 2 is 1.97 bits per heavy atom. The van der Waals surface area contributed by atoms with E-state index in [1.165, 1.54) is 16.9 Å². The molecule has 2 fully saturated rings. The van der Waals surface area contributed by atoms with Crippen LogP contribution in [0.4, 0.5) is 19.0 Å². The Hall–Kier alpha value is -2.88. The molecule has 2 aliphatic heterocycles. The zero-order chi connectivity index (χ0) is 23.2. The van der Waals surface area contributed by atoms with Gasteiger partial charge in [-0.25, -0.2) is 27.8 Å². The number of benzene rings is 1. The van der Waals surface area contributed by atoms with Crippen LogP contribution < -0.4 is 4.90 Å². The predicted octanol–water partition coefficient (Wildman–Crippen LogP) is 3.90. The summed E-state index contributed by atoms with van der Waals surface area (Å²) >= 11 is 5.83. The Balaban J connectivity index is 1.26. The van der Waals surface area contributed by atoms with Crippen LogP contribution in [0.5, 0.6) is 0 Å². The first kappa shape index (κ1) is 21.9. The van der Waals surface area contributed by atoms with Crippen molar-refractivity contribution in [3.8, 4) is 0 Å². The van der Waals surface area contributed by atoms with Gasteiger partial charge in [0.05, 0.1) is 12.4 Å². The number of carbonyl (C=O) groups excluding carboxylic acids is 1. The third kappa shape index (κ3) is 4.36. The maximum Gasteiger partial charge on any atom is 0.258 e. The van der Waals surface area contributed by atoms with Crippen LogP contribution in [-0.4, -0.2) is 56.6 Å². The smallest absolute Gasteiger partial charge is 0.258 e. The second-order valence-corrected chi connectivity index (χ2v) is 9.24. The van der Waals surface area contributed by atoms with Crippen LogP contribution in [0.2, 0.25) is 5.02 Å². The topological polar surface area (TPSA) is 67.2 Å². The molecule has 1 amide bonds. The summed E-state index contributed by atoms with van der Waals surface area (Å²) in [7, 11) is 0. The number of fused-ring (bicyclic) bond motifs is 1. The molecule has 0 radical (unpaired) electrons. The maximum atomic E-state index is 14.2. The van der Waals surface area contributed by atoms with Crippen molar-refractivity contribution in [2.45, 2.75) is 38.8 Å². The molecule has 11 heteroatoms. The number of hydrogen-bond donors (Lipinski definition) is 0. The number of halogens is 4. The van der Waals surface area contributed by atoms with Gasteiger partial charge in [0, 0.05) is 48.6 Å². The van der Waals surface area contributed by atoms with Gasteiger partial charge >= 0.3 is 0 Å². The molecule has 0 bridgehead atoms. The van der Waals surface area contributed by atoms with Gasteiger partial charge < -0.3 is 9.80 Å². The highest BCUT2D eigenvalue weighted by atomic mass is 35.5. The van der Waals surface area contributed by atoms with Gasteiger partial charge in [-0.1, -0.05) is 17.7 Å². The Morgan fingerprint density at radius 3 is 2.70 bits per heavy atom. The zero-order valence-electron chi connectivity index (χ0n) is 17.7. The van der Waals surface area contributed by atoms with Crippen LogP contribution in [0, 0.1) is 11.2 Å². The summed E-state index contributed by atoms with van der Waals surface area (Å²) in [6.45, 7) is 1.60. The monoisotopic (exact) mass is 478 g/mol. The molecule has 1 spiro atoms. The molecule has 7 nitrogen and oxygen atoms in total. The lowest BCUT2D eigenvalue weighted by Gasteiger charge is -2.39. The molecule has 1 aromatic carbocycles. The zero-order valence-corrected chi connectivity index (χ0v) is 18.5. The molecule has 174 valence electrons. The highest BCUT2D eigenvalue weighted by Crippen LogP contribution is 2.42. The van der Waals surface area contributed by atoms with Crippen LogP contribution in [0.3, 0.4) is 0 Å². The third-order valence-corrected chi connectivity index (χ3v) is 6.81. The standard InChI is InChI=1S/C22H22ClF3N6O/c23-15-2-1-14(16(24)7-15)11-31-13-22(8-20(31)33)3-5-30(6-4-22)19-10-27-17-9-28-32(12-18(25)26)21(17)29-19/h1-2,7,9-10,18H,3-6,8,11-13H2. The van der Waals surface area contributed by atoms with E-state index in [1.807, 2.05) is 0 Å². The van der Waals surface area contributed by atoms with Gasteiger partial charge in [-0.3, -0.25) is 4.79 Å². The van der Waals surface area contributed by atoms with Crippen LogP contribution in [-0.2, 0) is 17.9 Å². The van der Waals surface area contributed by atoms with Crippen molar-refractivity contribution < 1.29 is 18.0 Å². The van der Waals surface area contributed by atoms with E-state index >= 15 is 0 Å². The normalized spacial score (nSPS) is 18.3. The summed E-state index contributed by atoms with van der Waals surface area (Å²) < 4.78 is 41.0. The maximum absolute atomic E-state index is 14.2. The van der Waals surface area contributed by atoms with Crippen molar-refractivity contribution in [3.05, 3.63) is 47.0 Å². The highest BCUT2D eigenvalue weighted by molar-refractivity contribution is 6.30. The first-order valence-corrected chi connectivity index (χ1v) is 11.1. The Labute approximate surface area is 193 Å². The minimum Gasteiger partial charge on any atom is -0.355 e. The van der Waals surface area contributed by atoms with E-state index in [0.717, 1.165) is 12.8 Å². The van der Waals surface area contributed by atoms with Gasteiger partial charge in [0.15, 0.2) is 5.65 Å². The number of likely N-dealkylation sites (tertiary alicyclic amines) is 1. The first-order chi connectivity index (χ1) is 15.8. The van der Waals surface area contributed by atoms with Crippen molar-refractivity contribution in [2.24, 2.45) is 5.41 Å². The second kappa shape index (κ2) is 8.48. The van der Waals surface area contributed by atoms with Crippen molar-refractivity contribution in [1.82, 2.24) is 24.6 Å². The number of nitrogens with zero attached hydrogens (tertiary/aromatic N) is 6. The predicted molar refractivity (Wildman–Crippen MR) is 117 cm³/mol. The van der Waals surface area contributed by atoms with Gasteiger partial charge in [-0.05, 0) is 25.0 Å². The van der Waals surface area contributed by atoms with Crippen LogP contribution in [0.25, 0.3) is 11.2 Å². The Morgan fingerprint density at radius 1 is 1.18 bits per heavy atom. The molecule has 33 heavy (non-hydrogen) atoms. The summed E-state index contributed by atoms with van der Waals surface area (Å²) in [6.07, 6.45) is 2.51. The summed E-state index contributed by atoms with van der Waals surface area (Å²) in [5, 5.41) is 4.28. The Kier molecular flexibility index (Phi) is 5.64. The molecule has 3 aromatic rings. The van der Waals surface area contributed by atoms with E-state index in [2.05, 4.69) is 20.0 Å². The molecule has 0 aliphatic carbocycles. The van der Waals surface area contributed by atoms with Gasteiger partial charge in [0.1, 0.15) is 23.7 Å². The fraction of sp³-hybridized carbons (Fsp3) is 0.455. The fourth-order valence-electron chi connectivity index (χ4n) is 4.78. The molecule has 0 atom stereocenters. The number of amides is 1. The van der Waals surface area contributed by atoms with Crippen molar-refractivity contribution in [1.29, 1.82) is 0 Å². The van der Waals surface area contributed by atoms with Crippen LogP contribution in [0.15, 0.2) is 30.6 Å². The number of rotatable bonds is 5. The van der Waals surface area contributed by atoms with Gasteiger partial charge in [0.25, 0.3) is 6.43 Å². The lowest BCUT2D eigenvalue weighted by Crippen LogP contribution is -2.42. The van der Waals surface area contributed by atoms with Gasteiger partial charge in [-0.15, -0.1) is 0 Å². The number of aromatic nitrogens is 4. The molecular weight excluding hydrogens is 457 g/mol. The SMILES string of the molecule is O=C1CC2(CCN(c3cnc4cnn(CC(F)F)c4n3)CC2)CN1Cc1ccc(Cl)cc1F. The quantitative estimate of drug-likeness (QED) is 0.556. The number of piperidine rings is 1. The summed E-state index contributed by atoms with van der Waals surface area (Å²) in [5.41, 5.74) is 1.09. The Bertz CT molecular complexity index is 1190. The number of alkyl halides is 2. The number of hydrogen-bond acceptors (Lipinski definition) is 5. The molecule has 0 unspecified atom stereocenters. The van der Waals surface area contributed by atoms with E-state index in [1.54, 1.807) is 23.2 Å². The highest BCUT2D eigenvalue weighted by Gasteiger charge is 2.45. The summed E-state index contributed by atoms with van der Waals surface area (Å²) in [6, 6.07) is 4.50. The average molecular weight is 479 g/mol. The minimum absolute atomic E-state index is 0.0231. The minimum atomic E-state index is -2.53. The molecule has 2 aromatic heterocycles. The van der Waals surface area contributed by atoms with Gasteiger partial charge in [-0.2, -0.15) is 5.10 Å². The molecule has 5 rings (SSSR count). The molecule has 2 saturated heterocycles. The van der Waals surface area contributed by atoms with Crippen LogP contribution >= 0.6 is 11.6 Å². The van der Waals surface area contributed by atoms with Crippen molar-refractivity contribution in [2.75, 3.05) is 24.5 Å². The molecule has 0 N–H and O–H groups in total. The van der Waals surface area contributed by atoms with Crippen LogP contribution in [0.1, 0.15) is 24.8 Å². The lowest BCUT2D eigenvalue weighted by atomic mass is 9.77. The largest absolute Gasteiger partial charge is 0.355 e. The molecule has 0 saturated carbocycles. The van der Waals surface area contributed by atoms with Crippen molar-refractivity contribution >= 4 is 34.5 Å². The number of carbonyl (C=O) groups is 1. The van der Waals surface area contributed by atoms with E-state index in [-0.39, 0.29) is 17.9 Å². The fourth-order valence-corrected chi connectivity index (χ4v) is 4.94. The molecule has 4 heterocycles. The van der Waals surface area contributed by atoms with E-state index in [9.17, 15) is 18.0 Å². The molecule has 2 aliphatic rings. The summed E-state index contributed by atoms with van der Waals surface area (Å²) in [4.78, 5) is 25.3. The van der Waals surface area contributed by atoms with Crippen molar-refractivity contribution in [3.63, 3.8) is 0 Å². The second-order valence-electron chi connectivity index (χ2n) is 8.80. The van der Waals surface area contributed by atoms with E-state index in [0.29, 0.717) is 53.6 Å². The van der Waals surface area contributed by atoms with E-state index in [4.69, 9.17) is 11.6 Å². The molecular formula is C22H22ClF3N6O. The van der Waals surface area contributed by atoms with E-state index < -0.39 is 18.8 Å². The summed E-state index contributed by atoms with van der Waals surface area (Å²) in [5.74, 6) is 0.221. The number of anilines is 1. The first-order valence-electron chi connectivity index (χ1n) is 10.8. The lowest BCUT2D eigenvalue weighted by molar-refractivity contribution is -0.128.